The smallest absolute Gasteiger partial charge is 0.270 e. The fourth-order valence-corrected chi connectivity index (χ4v) is 2.84. The highest BCUT2D eigenvalue weighted by atomic mass is 16.1. The number of hydrogen-bond acceptors (Lipinski definition) is 3. The lowest BCUT2D eigenvalue weighted by Gasteiger charge is -2.18. The van der Waals surface area contributed by atoms with Crippen molar-refractivity contribution in [1.29, 1.82) is 0 Å². The summed E-state index contributed by atoms with van der Waals surface area (Å²) in [6.07, 6.45) is 5.15. The van der Waals surface area contributed by atoms with Crippen LogP contribution in [0.3, 0.4) is 0 Å². The van der Waals surface area contributed by atoms with E-state index in [4.69, 9.17) is 0 Å². The van der Waals surface area contributed by atoms with Crippen LogP contribution in [0.25, 0.3) is 10.9 Å². The first kappa shape index (κ1) is 15.1. The van der Waals surface area contributed by atoms with E-state index in [1.807, 2.05) is 42.5 Å². The molecule has 1 unspecified atom stereocenters. The third-order valence-electron chi connectivity index (χ3n) is 4.06. The van der Waals surface area contributed by atoms with Gasteiger partial charge in [-0.25, -0.2) is 0 Å². The van der Waals surface area contributed by atoms with Gasteiger partial charge in [-0.15, -0.1) is 0 Å². The molecule has 0 bridgehead atoms. The number of nitrogens with zero attached hydrogens (tertiary/aromatic N) is 2. The number of fused-ring (bicyclic) bond motifs is 1. The number of nitrogens with one attached hydrogen (secondary N) is 2. The standard InChI is InChI=1S/C20H16N4O/c25-20(16-8-4-5-10-22-16)24-19(14-6-2-1-3-7-14)17-12-15-9-11-21-13-18(15)23-17/h1-13,19,23H,(H,24,25). The van der Waals surface area contributed by atoms with E-state index >= 15 is 0 Å². The van der Waals surface area contributed by atoms with Crippen LogP contribution in [0.1, 0.15) is 27.8 Å². The lowest BCUT2D eigenvalue weighted by molar-refractivity contribution is 0.0937. The molecule has 5 heteroatoms. The van der Waals surface area contributed by atoms with Crippen molar-refractivity contribution >= 4 is 16.8 Å². The molecule has 5 nitrogen and oxygen atoms in total. The fraction of sp³-hybridized carbons (Fsp3) is 0.0500. The second-order valence-corrected chi connectivity index (χ2v) is 5.72. The first-order valence-electron chi connectivity index (χ1n) is 8.01. The van der Waals surface area contributed by atoms with Crippen LogP contribution in [0.5, 0.6) is 0 Å². The number of amides is 1. The maximum atomic E-state index is 12.6. The van der Waals surface area contributed by atoms with E-state index in [-0.39, 0.29) is 11.9 Å². The van der Waals surface area contributed by atoms with Crippen molar-refractivity contribution in [3.05, 3.63) is 96.2 Å². The molecular formula is C20H16N4O. The van der Waals surface area contributed by atoms with Gasteiger partial charge in [0.05, 0.1) is 17.8 Å². The SMILES string of the molecule is O=C(NC(c1ccccc1)c1cc2ccncc2[nH]1)c1ccccn1. The maximum Gasteiger partial charge on any atom is 0.270 e. The third-order valence-corrected chi connectivity index (χ3v) is 4.06. The second kappa shape index (κ2) is 6.57. The molecule has 0 saturated heterocycles. The molecule has 122 valence electrons. The first-order valence-corrected chi connectivity index (χ1v) is 8.01. The predicted molar refractivity (Wildman–Crippen MR) is 96.1 cm³/mol. The molecule has 0 aliphatic rings. The molecule has 0 radical (unpaired) electrons. The molecule has 4 rings (SSSR count). The van der Waals surface area contributed by atoms with Crippen LogP contribution in [0.15, 0.2) is 79.3 Å². The predicted octanol–water partition coefficient (Wildman–Crippen LogP) is 3.48. The molecule has 1 aromatic carbocycles. The van der Waals surface area contributed by atoms with Crippen LogP contribution in [0.4, 0.5) is 0 Å². The molecule has 0 aliphatic carbocycles. The van der Waals surface area contributed by atoms with Crippen LogP contribution in [-0.4, -0.2) is 20.9 Å². The summed E-state index contributed by atoms with van der Waals surface area (Å²) in [6, 6.07) is 18.8. The van der Waals surface area contributed by atoms with Crippen molar-refractivity contribution < 1.29 is 4.79 Å². The van der Waals surface area contributed by atoms with Crippen molar-refractivity contribution in [2.45, 2.75) is 6.04 Å². The lowest BCUT2D eigenvalue weighted by Crippen LogP contribution is -2.30. The molecule has 0 aliphatic heterocycles. The van der Waals surface area contributed by atoms with E-state index in [2.05, 4.69) is 20.3 Å². The van der Waals surface area contributed by atoms with Crippen LogP contribution in [-0.2, 0) is 0 Å². The maximum absolute atomic E-state index is 12.6. The highest BCUT2D eigenvalue weighted by Gasteiger charge is 2.20. The quantitative estimate of drug-likeness (QED) is 0.602. The Labute approximate surface area is 144 Å². The molecular weight excluding hydrogens is 312 g/mol. The minimum atomic E-state index is -0.303. The Morgan fingerprint density at radius 3 is 2.60 bits per heavy atom. The number of carbonyl (C=O) groups is 1. The van der Waals surface area contributed by atoms with E-state index in [9.17, 15) is 4.79 Å². The van der Waals surface area contributed by atoms with Crippen molar-refractivity contribution in [3.8, 4) is 0 Å². The van der Waals surface area contributed by atoms with Gasteiger partial charge in [0.15, 0.2) is 0 Å². The van der Waals surface area contributed by atoms with Gasteiger partial charge < -0.3 is 10.3 Å². The molecule has 4 aromatic rings. The molecule has 2 N–H and O–H groups in total. The average Bonchev–Trinajstić information content (AvgIpc) is 3.11. The van der Waals surface area contributed by atoms with E-state index in [1.54, 1.807) is 36.8 Å². The zero-order valence-corrected chi connectivity index (χ0v) is 13.4. The largest absolute Gasteiger partial charge is 0.355 e. The van der Waals surface area contributed by atoms with Gasteiger partial charge in [-0.05, 0) is 29.8 Å². The Morgan fingerprint density at radius 2 is 1.84 bits per heavy atom. The highest BCUT2D eigenvalue weighted by Crippen LogP contribution is 2.25. The number of H-pyrrole nitrogens is 1. The summed E-state index contributed by atoms with van der Waals surface area (Å²) in [5.41, 5.74) is 3.22. The van der Waals surface area contributed by atoms with Crippen molar-refractivity contribution in [2.24, 2.45) is 0 Å². The van der Waals surface area contributed by atoms with Gasteiger partial charge in [0.2, 0.25) is 0 Å². The van der Waals surface area contributed by atoms with Crippen LogP contribution in [0, 0.1) is 0 Å². The van der Waals surface area contributed by atoms with Gasteiger partial charge in [0.1, 0.15) is 5.69 Å². The minimum Gasteiger partial charge on any atom is -0.355 e. The molecule has 25 heavy (non-hydrogen) atoms. The minimum absolute atomic E-state index is 0.216. The Morgan fingerprint density at radius 1 is 1.00 bits per heavy atom. The van der Waals surface area contributed by atoms with Crippen molar-refractivity contribution in [2.75, 3.05) is 0 Å². The summed E-state index contributed by atoms with van der Waals surface area (Å²) < 4.78 is 0. The molecule has 1 amide bonds. The van der Waals surface area contributed by atoms with E-state index in [0.29, 0.717) is 5.69 Å². The van der Waals surface area contributed by atoms with Crippen LogP contribution in [0.2, 0.25) is 0 Å². The number of pyridine rings is 2. The number of rotatable bonds is 4. The number of benzene rings is 1. The topological polar surface area (TPSA) is 70.7 Å². The van der Waals surface area contributed by atoms with Crippen LogP contribution >= 0.6 is 0 Å². The third kappa shape index (κ3) is 3.12. The zero-order valence-electron chi connectivity index (χ0n) is 13.4. The summed E-state index contributed by atoms with van der Waals surface area (Å²) in [4.78, 5) is 24.2. The number of aromatic amines is 1. The van der Waals surface area contributed by atoms with Gasteiger partial charge in [0, 0.05) is 23.5 Å². The zero-order chi connectivity index (χ0) is 17.1. The summed E-state index contributed by atoms with van der Waals surface area (Å²) in [5, 5.41) is 4.13. The summed E-state index contributed by atoms with van der Waals surface area (Å²) in [7, 11) is 0. The Balaban J connectivity index is 1.73. The number of carbonyl (C=O) groups excluding carboxylic acids is 1. The van der Waals surface area contributed by atoms with Crippen molar-refractivity contribution in [1.82, 2.24) is 20.3 Å². The van der Waals surface area contributed by atoms with Gasteiger partial charge in [-0.2, -0.15) is 0 Å². The molecule has 0 saturated carbocycles. The molecule has 1 atom stereocenters. The fourth-order valence-electron chi connectivity index (χ4n) is 2.84. The van der Waals surface area contributed by atoms with Gasteiger partial charge in [0.25, 0.3) is 5.91 Å². The van der Waals surface area contributed by atoms with E-state index < -0.39 is 0 Å². The Hall–Kier alpha value is -3.47. The average molecular weight is 328 g/mol. The summed E-state index contributed by atoms with van der Waals surface area (Å²) >= 11 is 0. The summed E-state index contributed by atoms with van der Waals surface area (Å²) in [6.45, 7) is 0. The highest BCUT2D eigenvalue weighted by molar-refractivity contribution is 5.92. The first-order chi connectivity index (χ1) is 12.3. The van der Waals surface area contributed by atoms with Gasteiger partial charge >= 0.3 is 0 Å². The molecule has 3 heterocycles. The number of aromatic nitrogens is 3. The van der Waals surface area contributed by atoms with Crippen LogP contribution < -0.4 is 5.32 Å². The van der Waals surface area contributed by atoms with E-state index in [0.717, 1.165) is 22.2 Å². The normalized spacial score (nSPS) is 12.0. The van der Waals surface area contributed by atoms with Crippen molar-refractivity contribution in [3.63, 3.8) is 0 Å². The molecule has 0 fully saturated rings. The van der Waals surface area contributed by atoms with E-state index in [1.165, 1.54) is 0 Å². The molecule has 0 spiro atoms. The lowest BCUT2D eigenvalue weighted by atomic mass is 10.0. The second-order valence-electron chi connectivity index (χ2n) is 5.72. The van der Waals surface area contributed by atoms with Gasteiger partial charge in [-0.3, -0.25) is 14.8 Å². The monoisotopic (exact) mass is 328 g/mol. The molecule has 3 aromatic heterocycles. The van der Waals surface area contributed by atoms with Gasteiger partial charge in [-0.1, -0.05) is 36.4 Å². The number of hydrogen-bond donors (Lipinski definition) is 2. The Bertz CT molecular complexity index is 963. The summed E-state index contributed by atoms with van der Waals surface area (Å²) in [5.74, 6) is -0.216. The Kier molecular flexibility index (Phi) is 3.96.